The molecule has 0 saturated heterocycles. The summed E-state index contributed by atoms with van der Waals surface area (Å²) in [5, 5.41) is 2.89. The summed E-state index contributed by atoms with van der Waals surface area (Å²) in [5.74, 6) is -1.13. The van der Waals surface area contributed by atoms with Crippen LogP contribution in [-0.4, -0.2) is 50.4 Å². The second-order valence-corrected chi connectivity index (χ2v) is 13.1. The third-order valence-electron chi connectivity index (χ3n) is 7.32. The lowest BCUT2D eigenvalue weighted by Crippen LogP contribution is -2.54. The van der Waals surface area contributed by atoms with Gasteiger partial charge in [0.25, 0.3) is 10.0 Å². The van der Waals surface area contributed by atoms with Gasteiger partial charge in [0.15, 0.2) is 0 Å². The fourth-order valence-corrected chi connectivity index (χ4v) is 6.40. The molecule has 1 atom stereocenters. The van der Waals surface area contributed by atoms with Gasteiger partial charge < -0.3 is 15.0 Å². The van der Waals surface area contributed by atoms with Crippen molar-refractivity contribution in [3.05, 3.63) is 126 Å². The number of anilines is 1. The number of hydrogen-bond donors (Lipinski definition) is 1. The van der Waals surface area contributed by atoms with Gasteiger partial charge in [-0.1, -0.05) is 66.2 Å². The molecule has 0 fully saturated rings. The van der Waals surface area contributed by atoms with E-state index in [0.29, 0.717) is 12.4 Å². The molecule has 8 nitrogen and oxygen atoms in total. The van der Waals surface area contributed by atoms with Gasteiger partial charge in [-0.2, -0.15) is 0 Å². The number of aryl methyl sites for hydroxylation is 1. The molecule has 0 spiro atoms. The van der Waals surface area contributed by atoms with Gasteiger partial charge in [-0.15, -0.1) is 0 Å². The molecule has 46 heavy (non-hydrogen) atoms. The molecule has 0 aliphatic rings. The SMILES string of the molecule is CCOc1ccc(S(=O)(=O)N(CC(=O)N(Cc2ccccc2F)C(Cc2ccccc2)C(=O)NC(C)C)c2ccc(C)cc2)cc1. The summed E-state index contributed by atoms with van der Waals surface area (Å²) in [6, 6.07) is 26.7. The lowest BCUT2D eigenvalue weighted by molar-refractivity contribution is -0.140. The lowest BCUT2D eigenvalue weighted by Gasteiger charge is -2.34. The van der Waals surface area contributed by atoms with Gasteiger partial charge in [0, 0.05) is 24.6 Å². The zero-order chi connectivity index (χ0) is 33.3. The third kappa shape index (κ3) is 8.72. The number of nitrogens with zero attached hydrogens (tertiary/aromatic N) is 2. The van der Waals surface area contributed by atoms with Crippen molar-refractivity contribution in [1.29, 1.82) is 0 Å². The van der Waals surface area contributed by atoms with E-state index in [0.717, 1.165) is 15.4 Å². The lowest BCUT2D eigenvalue weighted by atomic mass is 10.0. The van der Waals surface area contributed by atoms with Crippen molar-refractivity contribution >= 4 is 27.5 Å². The van der Waals surface area contributed by atoms with Gasteiger partial charge >= 0.3 is 0 Å². The number of amides is 2. The first-order valence-electron chi connectivity index (χ1n) is 15.2. The van der Waals surface area contributed by atoms with Gasteiger partial charge in [-0.3, -0.25) is 13.9 Å². The van der Waals surface area contributed by atoms with Crippen LogP contribution in [0.2, 0.25) is 0 Å². The Labute approximate surface area is 270 Å². The highest BCUT2D eigenvalue weighted by molar-refractivity contribution is 7.92. The third-order valence-corrected chi connectivity index (χ3v) is 9.11. The van der Waals surface area contributed by atoms with Gasteiger partial charge in [0.2, 0.25) is 11.8 Å². The van der Waals surface area contributed by atoms with E-state index in [1.54, 1.807) is 54.6 Å². The van der Waals surface area contributed by atoms with Crippen LogP contribution in [0.5, 0.6) is 5.75 Å². The molecule has 1 N–H and O–H groups in total. The molecule has 4 rings (SSSR count). The van der Waals surface area contributed by atoms with Crippen molar-refractivity contribution in [3.63, 3.8) is 0 Å². The van der Waals surface area contributed by atoms with Crippen LogP contribution in [0.1, 0.15) is 37.5 Å². The number of carbonyl (C=O) groups excluding carboxylic acids is 2. The maximum absolute atomic E-state index is 15.0. The molecule has 4 aromatic carbocycles. The number of carbonyl (C=O) groups is 2. The predicted molar refractivity (Wildman–Crippen MR) is 177 cm³/mol. The quantitative estimate of drug-likeness (QED) is 0.185. The number of rotatable bonds is 14. The largest absolute Gasteiger partial charge is 0.494 e. The van der Waals surface area contributed by atoms with E-state index in [1.165, 1.54) is 23.1 Å². The monoisotopic (exact) mass is 645 g/mol. The Bertz CT molecular complexity index is 1710. The molecule has 0 bridgehead atoms. The highest BCUT2D eigenvalue weighted by Crippen LogP contribution is 2.27. The second-order valence-electron chi connectivity index (χ2n) is 11.2. The molecular weight excluding hydrogens is 605 g/mol. The molecule has 1 unspecified atom stereocenters. The van der Waals surface area contributed by atoms with Gasteiger partial charge in [-0.05, 0) is 75.7 Å². The Kier molecular flexibility index (Phi) is 11.5. The minimum atomic E-state index is -4.28. The van der Waals surface area contributed by atoms with Crippen LogP contribution >= 0.6 is 0 Å². The van der Waals surface area contributed by atoms with Crippen LogP contribution in [-0.2, 0) is 32.6 Å². The Morgan fingerprint density at radius 1 is 0.870 bits per heavy atom. The number of ether oxygens (including phenoxy) is 1. The van der Waals surface area contributed by atoms with Crippen molar-refractivity contribution < 1.29 is 27.1 Å². The highest BCUT2D eigenvalue weighted by Gasteiger charge is 2.35. The van der Waals surface area contributed by atoms with E-state index >= 15 is 4.39 Å². The van der Waals surface area contributed by atoms with Crippen molar-refractivity contribution in [3.8, 4) is 5.75 Å². The molecule has 0 aliphatic heterocycles. The zero-order valence-electron chi connectivity index (χ0n) is 26.5. The maximum Gasteiger partial charge on any atom is 0.264 e. The highest BCUT2D eigenvalue weighted by atomic mass is 32.2. The smallest absolute Gasteiger partial charge is 0.264 e. The summed E-state index contributed by atoms with van der Waals surface area (Å²) in [6.07, 6.45) is 0.135. The summed E-state index contributed by atoms with van der Waals surface area (Å²) in [7, 11) is -4.28. The topological polar surface area (TPSA) is 96.0 Å². The van der Waals surface area contributed by atoms with Crippen LogP contribution in [0, 0.1) is 12.7 Å². The van der Waals surface area contributed by atoms with E-state index in [2.05, 4.69) is 5.32 Å². The van der Waals surface area contributed by atoms with Crippen LogP contribution in [0.25, 0.3) is 0 Å². The summed E-state index contributed by atoms with van der Waals surface area (Å²) in [5.41, 5.74) is 2.16. The number of hydrogen-bond acceptors (Lipinski definition) is 5. The number of sulfonamides is 1. The Morgan fingerprint density at radius 3 is 2.11 bits per heavy atom. The van der Waals surface area contributed by atoms with Crippen molar-refractivity contribution in [2.75, 3.05) is 17.5 Å². The molecule has 0 saturated carbocycles. The number of benzene rings is 4. The number of halogens is 1. The average molecular weight is 646 g/mol. The molecule has 242 valence electrons. The summed E-state index contributed by atoms with van der Waals surface area (Å²) in [6.45, 7) is 6.86. The van der Waals surface area contributed by atoms with Gasteiger partial charge in [0.1, 0.15) is 24.2 Å². The van der Waals surface area contributed by atoms with Crippen LogP contribution in [0.3, 0.4) is 0 Å². The Balaban J connectivity index is 1.80. The summed E-state index contributed by atoms with van der Waals surface area (Å²) < 4.78 is 49.9. The van der Waals surface area contributed by atoms with Gasteiger partial charge in [0.05, 0.1) is 17.2 Å². The van der Waals surface area contributed by atoms with Crippen LogP contribution < -0.4 is 14.4 Å². The first-order valence-corrected chi connectivity index (χ1v) is 16.6. The van der Waals surface area contributed by atoms with Crippen molar-refractivity contribution in [1.82, 2.24) is 10.2 Å². The second kappa shape index (κ2) is 15.5. The predicted octanol–water partition coefficient (Wildman–Crippen LogP) is 5.89. The van der Waals surface area contributed by atoms with Gasteiger partial charge in [-0.25, -0.2) is 12.8 Å². The average Bonchev–Trinajstić information content (AvgIpc) is 3.03. The standard InChI is InChI=1S/C36H40FN3O5S/c1-5-45-31-19-21-32(22-20-31)46(43,44)40(30-17-15-27(4)16-18-30)25-35(41)39(24-29-13-9-10-14-33(29)37)34(36(42)38-26(2)3)23-28-11-7-6-8-12-28/h6-22,26,34H,5,23-25H2,1-4H3,(H,38,42). The molecule has 10 heteroatoms. The van der Waals surface area contributed by atoms with E-state index in [1.807, 2.05) is 58.0 Å². The fourth-order valence-electron chi connectivity index (χ4n) is 4.99. The maximum atomic E-state index is 15.0. The van der Waals surface area contributed by atoms with Crippen molar-refractivity contribution in [2.24, 2.45) is 0 Å². The molecular formula is C36H40FN3O5S. The normalized spacial score (nSPS) is 12.0. The minimum absolute atomic E-state index is 0.0385. The summed E-state index contributed by atoms with van der Waals surface area (Å²) >= 11 is 0. The van der Waals surface area contributed by atoms with Crippen LogP contribution in [0.4, 0.5) is 10.1 Å². The molecule has 2 amide bonds. The molecule has 0 aliphatic carbocycles. The molecule has 4 aromatic rings. The van der Waals surface area contributed by atoms with E-state index < -0.39 is 40.2 Å². The van der Waals surface area contributed by atoms with E-state index in [9.17, 15) is 18.0 Å². The molecule has 0 radical (unpaired) electrons. The van der Waals surface area contributed by atoms with Crippen molar-refractivity contribution in [2.45, 2.75) is 57.6 Å². The van der Waals surface area contributed by atoms with E-state index in [4.69, 9.17) is 4.74 Å². The first-order chi connectivity index (χ1) is 22.0. The summed E-state index contributed by atoms with van der Waals surface area (Å²) in [4.78, 5) is 29.4. The van der Waals surface area contributed by atoms with Crippen LogP contribution in [0.15, 0.2) is 108 Å². The first kappa shape index (κ1) is 34.2. The zero-order valence-corrected chi connectivity index (χ0v) is 27.3. The number of nitrogens with one attached hydrogen (secondary N) is 1. The fraction of sp³-hybridized carbons (Fsp3) is 0.278. The molecule has 0 heterocycles. The van der Waals surface area contributed by atoms with E-state index in [-0.39, 0.29) is 35.2 Å². The minimum Gasteiger partial charge on any atom is -0.494 e. The molecule has 0 aromatic heterocycles. The Morgan fingerprint density at radius 2 is 1.50 bits per heavy atom. The Hall–Kier alpha value is -4.70.